The molecule has 1 amide bonds. The van der Waals surface area contributed by atoms with Gasteiger partial charge in [-0.1, -0.05) is 22.0 Å². The molecule has 2 rings (SSSR count). The van der Waals surface area contributed by atoms with E-state index in [0.29, 0.717) is 11.3 Å². The molecule has 0 saturated heterocycles. The van der Waals surface area contributed by atoms with Crippen molar-refractivity contribution in [3.05, 3.63) is 63.6 Å². The van der Waals surface area contributed by atoms with Crippen molar-refractivity contribution in [3.63, 3.8) is 0 Å². The predicted octanol–water partition coefficient (Wildman–Crippen LogP) is 3.71. The maximum atomic E-state index is 12.1. The van der Waals surface area contributed by atoms with Crippen molar-refractivity contribution in [3.8, 4) is 0 Å². The minimum atomic E-state index is -1.02. The average molecular weight is 334 g/mol. The van der Waals surface area contributed by atoms with Crippen LogP contribution < -0.4 is 5.32 Å². The maximum absolute atomic E-state index is 12.1. The molecule has 0 atom stereocenters. The summed E-state index contributed by atoms with van der Waals surface area (Å²) in [5, 5.41) is 11.7. The van der Waals surface area contributed by atoms with Crippen LogP contribution in [0.4, 0.5) is 5.69 Å². The largest absolute Gasteiger partial charge is 0.478 e. The highest BCUT2D eigenvalue weighted by Gasteiger charge is 2.10. The summed E-state index contributed by atoms with van der Waals surface area (Å²) < 4.78 is 0.887. The van der Waals surface area contributed by atoms with Crippen molar-refractivity contribution in [2.75, 3.05) is 5.32 Å². The smallest absolute Gasteiger partial charge is 0.335 e. The van der Waals surface area contributed by atoms with Crippen molar-refractivity contribution in [2.24, 2.45) is 0 Å². The van der Waals surface area contributed by atoms with Crippen molar-refractivity contribution < 1.29 is 14.7 Å². The topological polar surface area (TPSA) is 66.4 Å². The van der Waals surface area contributed by atoms with Gasteiger partial charge in [0, 0.05) is 15.7 Å². The number of anilines is 1. The fourth-order valence-electron chi connectivity index (χ4n) is 1.69. The third kappa shape index (κ3) is 3.24. The zero-order chi connectivity index (χ0) is 14.7. The number of nitrogens with one attached hydrogen (secondary N) is 1. The lowest BCUT2D eigenvalue weighted by Gasteiger charge is -2.09. The quantitative estimate of drug-likeness (QED) is 0.899. The predicted molar refractivity (Wildman–Crippen MR) is 80.2 cm³/mol. The number of hydrogen-bond acceptors (Lipinski definition) is 2. The Labute approximate surface area is 124 Å². The number of aromatic carboxylic acids is 1. The highest BCUT2D eigenvalue weighted by molar-refractivity contribution is 9.10. The number of carbonyl (C=O) groups excluding carboxylic acids is 1. The molecule has 0 radical (unpaired) electrons. The van der Waals surface area contributed by atoms with Crippen LogP contribution >= 0.6 is 15.9 Å². The van der Waals surface area contributed by atoms with Crippen molar-refractivity contribution >= 4 is 33.5 Å². The van der Waals surface area contributed by atoms with E-state index in [1.54, 1.807) is 30.3 Å². The van der Waals surface area contributed by atoms with E-state index in [2.05, 4.69) is 21.2 Å². The molecule has 2 aromatic rings. The van der Waals surface area contributed by atoms with Crippen LogP contribution in [0.2, 0.25) is 0 Å². The second-order valence-electron chi connectivity index (χ2n) is 4.30. The monoisotopic (exact) mass is 333 g/mol. The summed E-state index contributed by atoms with van der Waals surface area (Å²) >= 11 is 3.30. The molecule has 0 bridgehead atoms. The summed E-state index contributed by atoms with van der Waals surface area (Å²) in [7, 11) is 0. The molecular weight excluding hydrogens is 322 g/mol. The highest BCUT2D eigenvalue weighted by atomic mass is 79.9. The van der Waals surface area contributed by atoms with Gasteiger partial charge in [0.05, 0.1) is 5.56 Å². The summed E-state index contributed by atoms with van der Waals surface area (Å²) in [4.78, 5) is 23.0. The van der Waals surface area contributed by atoms with Gasteiger partial charge in [0.15, 0.2) is 0 Å². The van der Waals surface area contributed by atoms with Crippen LogP contribution in [0.5, 0.6) is 0 Å². The van der Waals surface area contributed by atoms with Crippen LogP contribution in [-0.4, -0.2) is 17.0 Å². The summed E-state index contributed by atoms with van der Waals surface area (Å²) in [6.07, 6.45) is 0. The zero-order valence-corrected chi connectivity index (χ0v) is 12.3. The molecule has 4 nitrogen and oxygen atoms in total. The van der Waals surface area contributed by atoms with Gasteiger partial charge in [-0.15, -0.1) is 0 Å². The summed E-state index contributed by atoms with van der Waals surface area (Å²) in [6.45, 7) is 1.81. The third-order valence-electron chi connectivity index (χ3n) is 2.84. The molecular formula is C15H12BrNO3. The van der Waals surface area contributed by atoms with Gasteiger partial charge >= 0.3 is 5.97 Å². The van der Waals surface area contributed by atoms with Gasteiger partial charge in [-0.3, -0.25) is 4.79 Å². The Morgan fingerprint density at radius 1 is 1.05 bits per heavy atom. The lowest BCUT2D eigenvalue weighted by atomic mass is 10.1. The first kappa shape index (κ1) is 14.3. The summed E-state index contributed by atoms with van der Waals surface area (Å²) in [5.41, 5.74) is 1.95. The van der Waals surface area contributed by atoms with E-state index in [9.17, 15) is 9.59 Å². The fourth-order valence-corrected chi connectivity index (χ4v) is 1.95. The minimum absolute atomic E-state index is 0.140. The van der Waals surface area contributed by atoms with Crippen LogP contribution in [0, 0.1) is 6.92 Å². The van der Waals surface area contributed by atoms with E-state index in [-0.39, 0.29) is 11.5 Å². The second-order valence-corrected chi connectivity index (χ2v) is 5.21. The maximum Gasteiger partial charge on any atom is 0.335 e. The molecule has 0 aromatic heterocycles. The molecule has 0 heterocycles. The summed E-state index contributed by atoms with van der Waals surface area (Å²) in [5.74, 6) is -1.30. The normalized spacial score (nSPS) is 10.1. The zero-order valence-electron chi connectivity index (χ0n) is 10.7. The molecule has 0 aliphatic heterocycles. The summed E-state index contributed by atoms with van der Waals surface area (Å²) in [6, 6.07) is 11.6. The molecule has 0 unspecified atom stereocenters. The number of aryl methyl sites for hydroxylation is 1. The number of carbonyl (C=O) groups is 2. The van der Waals surface area contributed by atoms with Gasteiger partial charge in [0.2, 0.25) is 0 Å². The number of hydrogen-bond donors (Lipinski definition) is 2. The third-order valence-corrected chi connectivity index (χ3v) is 3.37. The van der Waals surface area contributed by atoms with Gasteiger partial charge in [0.1, 0.15) is 0 Å². The molecule has 0 saturated carbocycles. The number of benzene rings is 2. The minimum Gasteiger partial charge on any atom is -0.478 e. The van der Waals surface area contributed by atoms with E-state index in [0.717, 1.165) is 10.0 Å². The molecule has 102 valence electrons. The first-order chi connectivity index (χ1) is 9.47. The van der Waals surface area contributed by atoms with Crippen LogP contribution in [0.1, 0.15) is 26.3 Å². The first-order valence-corrected chi connectivity index (χ1v) is 6.67. The molecule has 0 aliphatic carbocycles. The number of amides is 1. The molecule has 0 spiro atoms. The SMILES string of the molecule is Cc1ccc(C(=O)O)cc1NC(=O)c1ccc(Br)cc1. The first-order valence-electron chi connectivity index (χ1n) is 5.88. The Balaban J connectivity index is 2.25. The number of rotatable bonds is 3. The van der Waals surface area contributed by atoms with Crippen LogP contribution in [0.3, 0.4) is 0 Å². The van der Waals surface area contributed by atoms with Crippen molar-refractivity contribution in [2.45, 2.75) is 6.92 Å². The number of carboxylic acids is 1. The molecule has 0 fully saturated rings. The van der Waals surface area contributed by atoms with Crippen molar-refractivity contribution in [1.29, 1.82) is 0 Å². The highest BCUT2D eigenvalue weighted by Crippen LogP contribution is 2.18. The van der Waals surface area contributed by atoms with E-state index in [4.69, 9.17) is 5.11 Å². The Morgan fingerprint density at radius 3 is 2.25 bits per heavy atom. The van der Waals surface area contributed by atoms with Crippen LogP contribution in [0.15, 0.2) is 46.9 Å². The Hall–Kier alpha value is -2.14. The fraction of sp³-hybridized carbons (Fsp3) is 0.0667. The number of carboxylic acid groups (broad SMARTS) is 1. The number of halogens is 1. The van der Waals surface area contributed by atoms with Gasteiger partial charge in [0.25, 0.3) is 5.91 Å². The Bertz CT molecular complexity index is 665. The lowest BCUT2D eigenvalue weighted by molar-refractivity contribution is 0.0696. The molecule has 0 aliphatic rings. The lowest BCUT2D eigenvalue weighted by Crippen LogP contribution is -2.13. The van der Waals surface area contributed by atoms with Gasteiger partial charge in [-0.25, -0.2) is 4.79 Å². The van der Waals surface area contributed by atoms with E-state index in [1.807, 2.05) is 6.92 Å². The van der Waals surface area contributed by atoms with Gasteiger partial charge in [-0.05, 0) is 48.9 Å². The van der Waals surface area contributed by atoms with E-state index >= 15 is 0 Å². The van der Waals surface area contributed by atoms with E-state index in [1.165, 1.54) is 12.1 Å². The van der Waals surface area contributed by atoms with E-state index < -0.39 is 5.97 Å². The molecule has 2 aromatic carbocycles. The molecule has 2 N–H and O–H groups in total. The second kappa shape index (κ2) is 5.88. The van der Waals surface area contributed by atoms with Crippen LogP contribution in [-0.2, 0) is 0 Å². The van der Waals surface area contributed by atoms with Gasteiger partial charge in [-0.2, -0.15) is 0 Å². The standard InChI is InChI=1S/C15H12BrNO3/c1-9-2-3-11(15(19)20)8-13(9)17-14(18)10-4-6-12(16)7-5-10/h2-8H,1H3,(H,17,18)(H,19,20). The molecule has 20 heavy (non-hydrogen) atoms. The van der Waals surface area contributed by atoms with Crippen LogP contribution in [0.25, 0.3) is 0 Å². The Kier molecular flexibility index (Phi) is 4.20. The Morgan fingerprint density at radius 2 is 1.65 bits per heavy atom. The van der Waals surface area contributed by atoms with Crippen molar-refractivity contribution in [1.82, 2.24) is 0 Å². The average Bonchev–Trinajstić information content (AvgIpc) is 2.41. The molecule has 5 heteroatoms. The van der Waals surface area contributed by atoms with Gasteiger partial charge < -0.3 is 10.4 Å².